The van der Waals surface area contributed by atoms with Crippen molar-refractivity contribution < 1.29 is 17.9 Å². The van der Waals surface area contributed by atoms with Crippen molar-refractivity contribution in [2.45, 2.75) is 44.4 Å². The van der Waals surface area contributed by atoms with Crippen LogP contribution < -0.4 is 14.2 Å². The van der Waals surface area contributed by atoms with Crippen molar-refractivity contribution in [3.8, 4) is 11.5 Å². The van der Waals surface area contributed by atoms with E-state index < -0.39 is 10.0 Å². The van der Waals surface area contributed by atoms with Crippen LogP contribution in [0.15, 0.2) is 23.1 Å². The van der Waals surface area contributed by atoms with E-state index in [4.69, 9.17) is 9.47 Å². The molecule has 0 heterocycles. The Kier molecular flexibility index (Phi) is 7.68. The third kappa shape index (κ3) is 5.18. The third-order valence-electron chi connectivity index (χ3n) is 3.77. The highest BCUT2D eigenvalue weighted by atomic mass is 32.2. The van der Waals surface area contributed by atoms with Gasteiger partial charge in [-0.1, -0.05) is 33.1 Å². The van der Waals surface area contributed by atoms with Crippen molar-refractivity contribution in [2.75, 3.05) is 20.8 Å². The summed E-state index contributed by atoms with van der Waals surface area (Å²) in [7, 11) is -0.530. The summed E-state index contributed by atoms with van der Waals surface area (Å²) in [5.74, 6) is 1.29. The zero-order valence-corrected chi connectivity index (χ0v) is 14.7. The maximum absolute atomic E-state index is 12.4. The van der Waals surface area contributed by atoms with Crippen molar-refractivity contribution in [1.29, 1.82) is 0 Å². The Bertz CT molecular complexity index is 557. The normalized spacial score (nSPS) is 12.9. The molecule has 5 nitrogen and oxygen atoms in total. The minimum Gasteiger partial charge on any atom is -0.493 e. The lowest BCUT2D eigenvalue weighted by Crippen LogP contribution is -2.29. The van der Waals surface area contributed by atoms with Gasteiger partial charge < -0.3 is 9.47 Å². The summed E-state index contributed by atoms with van der Waals surface area (Å²) in [5.41, 5.74) is 0. The van der Waals surface area contributed by atoms with E-state index in [0.717, 1.165) is 25.7 Å². The van der Waals surface area contributed by atoms with E-state index in [1.54, 1.807) is 6.07 Å². The van der Waals surface area contributed by atoms with Gasteiger partial charge in [0.15, 0.2) is 11.5 Å². The number of methoxy groups -OCH3 is 2. The van der Waals surface area contributed by atoms with Crippen LogP contribution in [-0.4, -0.2) is 29.2 Å². The van der Waals surface area contributed by atoms with Crippen LogP contribution in [0.5, 0.6) is 11.5 Å². The molecule has 0 amide bonds. The monoisotopic (exact) mass is 329 g/mol. The van der Waals surface area contributed by atoms with Gasteiger partial charge >= 0.3 is 0 Å². The molecule has 1 aromatic rings. The molecule has 0 fully saturated rings. The zero-order chi connectivity index (χ0) is 16.6. The molecule has 0 radical (unpaired) electrons. The number of hydrogen-bond donors (Lipinski definition) is 1. The van der Waals surface area contributed by atoms with Crippen LogP contribution in [0.25, 0.3) is 0 Å². The average molecular weight is 329 g/mol. The lowest BCUT2D eigenvalue weighted by Gasteiger charge is -2.16. The average Bonchev–Trinajstić information content (AvgIpc) is 2.54. The van der Waals surface area contributed by atoms with Gasteiger partial charge in [-0.2, -0.15) is 0 Å². The van der Waals surface area contributed by atoms with Gasteiger partial charge in [0.1, 0.15) is 0 Å². The predicted octanol–water partition coefficient (Wildman–Crippen LogP) is 3.20. The summed E-state index contributed by atoms with van der Waals surface area (Å²) in [6, 6.07) is 4.60. The van der Waals surface area contributed by atoms with Crippen LogP contribution in [0.2, 0.25) is 0 Å². The van der Waals surface area contributed by atoms with E-state index in [1.165, 1.54) is 26.4 Å². The molecule has 0 saturated carbocycles. The quantitative estimate of drug-likeness (QED) is 0.716. The molecule has 0 aliphatic heterocycles. The van der Waals surface area contributed by atoms with Crippen molar-refractivity contribution in [2.24, 2.45) is 5.92 Å². The second-order valence-corrected chi connectivity index (χ2v) is 7.05. The molecular weight excluding hydrogens is 302 g/mol. The molecule has 22 heavy (non-hydrogen) atoms. The Hall–Kier alpha value is -1.27. The number of sulfonamides is 1. The van der Waals surface area contributed by atoms with Gasteiger partial charge in [0.25, 0.3) is 0 Å². The lowest BCUT2D eigenvalue weighted by atomic mass is 10.00. The smallest absolute Gasteiger partial charge is 0.240 e. The molecule has 1 atom stereocenters. The van der Waals surface area contributed by atoms with Crippen molar-refractivity contribution in [3.05, 3.63) is 18.2 Å². The molecule has 1 aromatic carbocycles. The first-order chi connectivity index (χ1) is 10.5. The van der Waals surface area contributed by atoms with Crippen LogP contribution in [0, 0.1) is 5.92 Å². The Morgan fingerprint density at radius 2 is 1.82 bits per heavy atom. The molecule has 0 aliphatic carbocycles. The van der Waals surface area contributed by atoms with Crippen molar-refractivity contribution in [1.82, 2.24) is 4.72 Å². The minimum atomic E-state index is -3.53. The molecule has 1 rings (SSSR count). The molecule has 0 aliphatic rings. The van der Waals surface area contributed by atoms with Gasteiger partial charge in [-0.05, 0) is 24.5 Å². The molecular formula is C16H27NO4S. The van der Waals surface area contributed by atoms with Crippen molar-refractivity contribution in [3.63, 3.8) is 0 Å². The summed E-state index contributed by atoms with van der Waals surface area (Å²) in [4.78, 5) is 0.190. The van der Waals surface area contributed by atoms with Crippen LogP contribution in [0.3, 0.4) is 0 Å². The van der Waals surface area contributed by atoms with Gasteiger partial charge in [0.05, 0.1) is 19.1 Å². The maximum Gasteiger partial charge on any atom is 0.240 e. The zero-order valence-electron chi connectivity index (χ0n) is 13.9. The summed E-state index contributed by atoms with van der Waals surface area (Å²) in [5, 5.41) is 0. The summed E-state index contributed by atoms with van der Waals surface area (Å²) in [6.45, 7) is 4.69. The standard InChI is InChI=1S/C16H27NO4S/c1-5-7-8-13(6-2)12-17-22(18,19)14-9-10-15(20-3)16(11-14)21-4/h9-11,13,17H,5-8,12H2,1-4H3/t13-/m1/s1. The van der Waals surface area contributed by atoms with E-state index in [0.29, 0.717) is 24.0 Å². The van der Waals surface area contributed by atoms with E-state index in [-0.39, 0.29) is 4.90 Å². The lowest BCUT2D eigenvalue weighted by molar-refractivity contribution is 0.354. The van der Waals surface area contributed by atoms with E-state index in [9.17, 15) is 8.42 Å². The van der Waals surface area contributed by atoms with Gasteiger partial charge in [0.2, 0.25) is 10.0 Å². The third-order valence-corrected chi connectivity index (χ3v) is 5.19. The Morgan fingerprint density at radius 1 is 1.14 bits per heavy atom. The number of benzene rings is 1. The number of unbranched alkanes of at least 4 members (excludes halogenated alkanes) is 1. The first-order valence-electron chi connectivity index (χ1n) is 7.70. The number of hydrogen-bond acceptors (Lipinski definition) is 4. The summed E-state index contributed by atoms with van der Waals surface area (Å²) >= 11 is 0. The Balaban J connectivity index is 2.81. The van der Waals surface area contributed by atoms with E-state index in [1.807, 2.05) is 0 Å². The van der Waals surface area contributed by atoms with Gasteiger partial charge in [-0.15, -0.1) is 0 Å². The van der Waals surface area contributed by atoms with Crippen LogP contribution >= 0.6 is 0 Å². The fraction of sp³-hybridized carbons (Fsp3) is 0.625. The predicted molar refractivity (Wildman–Crippen MR) is 88.0 cm³/mol. The highest BCUT2D eigenvalue weighted by Gasteiger charge is 2.18. The van der Waals surface area contributed by atoms with Crippen LogP contribution in [0.1, 0.15) is 39.5 Å². The topological polar surface area (TPSA) is 64.6 Å². The first kappa shape index (κ1) is 18.8. The summed E-state index contributed by atoms with van der Waals surface area (Å²) < 4.78 is 37.8. The minimum absolute atomic E-state index is 0.190. The molecule has 0 unspecified atom stereocenters. The largest absolute Gasteiger partial charge is 0.493 e. The molecule has 0 aromatic heterocycles. The van der Waals surface area contributed by atoms with Gasteiger partial charge in [-0.25, -0.2) is 13.1 Å². The number of ether oxygens (including phenoxy) is 2. The van der Waals surface area contributed by atoms with Crippen LogP contribution in [-0.2, 0) is 10.0 Å². The van der Waals surface area contributed by atoms with Crippen LogP contribution in [0.4, 0.5) is 0 Å². The van der Waals surface area contributed by atoms with E-state index >= 15 is 0 Å². The second kappa shape index (κ2) is 9.00. The van der Waals surface area contributed by atoms with Gasteiger partial charge in [-0.3, -0.25) is 0 Å². The fourth-order valence-corrected chi connectivity index (χ4v) is 3.37. The molecule has 6 heteroatoms. The molecule has 0 spiro atoms. The highest BCUT2D eigenvalue weighted by Crippen LogP contribution is 2.29. The Labute approximate surface area is 134 Å². The first-order valence-corrected chi connectivity index (χ1v) is 9.18. The Morgan fingerprint density at radius 3 is 2.36 bits per heavy atom. The molecule has 126 valence electrons. The molecule has 0 saturated heterocycles. The fourth-order valence-electron chi connectivity index (χ4n) is 2.24. The highest BCUT2D eigenvalue weighted by molar-refractivity contribution is 7.89. The van der Waals surface area contributed by atoms with E-state index in [2.05, 4.69) is 18.6 Å². The molecule has 1 N–H and O–H groups in total. The second-order valence-electron chi connectivity index (χ2n) is 5.29. The maximum atomic E-state index is 12.4. The number of rotatable bonds is 10. The van der Waals surface area contributed by atoms with Crippen molar-refractivity contribution >= 4 is 10.0 Å². The van der Waals surface area contributed by atoms with Gasteiger partial charge in [0, 0.05) is 12.6 Å². The molecule has 0 bridgehead atoms. The SMILES string of the molecule is CCCC[C@@H](CC)CNS(=O)(=O)c1ccc(OC)c(OC)c1. The summed E-state index contributed by atoms with van der Waals surface area (Å²) in [6.07, 6.45) is 4.26. The number of nitrogens with one attached hydrogen (secondary N) is 1.